The van der Waals surface area contributed by atoms with Crippen molar-refractivity contribution in [3.8, 4) is 0 Å². The number of nitrogens with zero attached hydrogens (tertiary/aromatic N) is 2. The van der Waals surface area contributed by atoms with E-state index in [0.29, 0.717) is 25.5 Å². The molecule has 27 heavy (non-hydrogen) atoms. The summed E-state index contributed by atoms with van der Waals surface area (Å²) in [5, 5.41) is 0. The highest BCUT2D eigenvalue weighted by atomic mass is 16.6. The Balaban J connectivity index is 1.53. The monoisotopic (exact) mass is 378 g/mol. The largest absolute Gasteiger partial charge is 0.461 e. The number of piperidine rings is 1. The molecule has 2 unspecified atom stereocenters. The van der Waals surface area contributed by atoms with E-state index in [9.17, 15) is 9.59 Å². The van der Waals surface area contributed by atoms with Crippen molar-refractivity contribution in [1.29, 1.82) is 0 Å². The first-order chi connectivity index (χ1) is 13.0. The van der Waals surface area contributed by atoms with E-state index in [1.807, 2.05) is 0 Å². The van der Waals surface area contributed by atoms with E-state index in [2.05, 4.69) is 18.7 Å². The van der Waals surface area contributed by atoms with Gasteiger partial charge in [-0.3, -0.25) is 9.69 Å². The van der Waals surface area contributed by atoms with E-state index in [-0.39, 0.29) is 30.3 Å². The number of carbonyl (C=O) groups is 2. The molecule has 2 aliphatic rings. The first-order valence-corrected chi connectivity index (χ1v) is 9.89. The van der Waals surface area contributed by atoms with Crippen molar-refractivity contribution in [1.82, 2.24) is 9.80 Å². The van der Waals surface area contributed by atoms with Gasteiger partial charge in [0.25, 0.3) is 5.91 Å². The third-order valence-electron chi connectivity index (χ3n) is 5.03. The molecule has 0 bridgehead atoms. The lowest BCUT2D eigenvalue weighted by molar-refractivity contribution is -0.157. The van der Waals surface area contributed by atoms with Crippen molar-refractivity contribution in [2.75, 3.05) is 39.4 Å². The highest BCUT2D eigenvalue weighted by Crippen LogP contribution is 2.21. The number of morpholine rings is 1. The van der Waals surface area contributed by atoms with Crippen LogP contribution in [0, 0.1) is 5.92 Å². The van der Waals surface area contributed by atoms with Crippen LogP contribution in [-0.2, 0) is 14.3 Å². The number of rotatable bonds is 6. The Bertz CT molecular complexity index is 616. The van der Waals surface area contributed by atoms with E-state index in [1.54, 1.807) is 17.0 Å². The Morgan fingerprint density at radius 3 is 2.89 bits per heavy atom. The number of amides is 1. The van der Waals surface area contributed by atoms with Crippen molar-refractivity contribution < 1.29 is 23.5 Å². The second kappa shape index (κ2) is 9.37. The number of esters is 1. The summed E-state index contributed by atoms with van der Waals surface area (Å²) in [6.45, 7) is 8.51. The Morgan fingerprint density at radius 1 is 1.30 bits per heavy atom. The molecule has 0 N–H and O–H groups in total. The highest BCUT2D eigenvalue weighted by Gasteiger charge is 2.35. The minimum absolute atomic E-state index is 0.112. The fourth-order valence-electron chi connectivity index (χ4n) is 3.80. The predicted molar refractivity (Wildman–Crippen MR) is 99.4 cm³/mol. The smallest absolute Gasteiger partial charge is 0.328 e. The molecule has 7 heteroatoms. The SMILES string of the molecule is CC(C)CN1CCOC(COC(=O)C2CCCCN2C(=O)c2ccco2)C1. The summed E-state index contributed by atoms with van der Waals surface area (Å²) in [6, 6.07) is 2.75. The summed E-state index contributed by atoms with van der Waals surface area (Å²) >= 11 is 0. The van der Waals surface area contributed by atoms with Crippen LogP contribution in [0.25, 0.3) is 0 Å². The van der Waals surface area contributed by atoms with Gasteiger partial charge in [-0.05, 0) is 37.3 Å². The van der Waals surface area contributed by atoms with Crippen LogP contribution in [0.2, 0.25) is 0 Å². The third kappa shape index (κ3) is 5.32. The van der Waals surface area contributed by atoms with Crippen LogP contribution in [0.5, 0.6) is 0 Å². The lowest BCUT2D eigenvalue weighted by atomic mass is 10.0. The van der Waals surface area contributed by atoms with E-state index in [0.717, 1.165) is 32.5 Å². The molecule has 2 fully saturated rings. The molecule has 0 spiro atoms. The molecule has 150 valence electrons. The van der Waals surface area contributed by atoms with Crippen LogP contribution in [0.15, 0.2) is 22.8 Å². The zero-order valence-electron chi connectivity index (χ0n) is 16.3. The molecule has 0 saturated carbocycles. The van der Waals surface area contributed by atoms with Gasteiger partial charge in [0, 0.05) is 26.2 Å². The molecule has 1 aromatic rings. The molecule has 2 saturated heterocycles. The van der Waals surface area contributed by atoms with Gasteiger partial charge in [-0.15, -0.1) is 0 Å². The molecule has 1 amide bonds. The second-order valence-corrected chi connectivity index (χ2v) is 7.76. The molecule has 1 aromatic heterocycles. The summed E-state index contributed by atoms with van der Waals surface area (Å²) in [5.74, 6) is 0.252. The molecule has 2 atom stereocenters. The minimum Gasteiger partial charge on any atom is -0.461 e. The number of hydrogen-bond acceptors (Lipinski definition) is 6. The van der Waals surface area contributed by atoms with Gasteiger partial charge in [0.05, 0.1) is 12.9 Å². The van der Waals surface area contributed by atoms with Gasteiger partial charge in [0.1, 0.15) is 18.8 Å². The summed E-state index contributed by atoms with van der Waals surface area (Å²) in [6.07, 6.45) is 3.76. The number of ether oxygens (including phenoxy) is 2. The van der Waals surface area contributed by atoms with Crippen LogP contribution in [-0.4, -0.2) is 73.2 Å². The molecule has 0 aliphatic carbocycles. The van der Waals surface area contributed by atoms with Crippen LogP contribution < -0.4 is 0 Å². The quantitative estimate of drug-likeness (QED) is 0.707. The molecule has 3 rings (SSSR count). The van der Waals surface area contributed by atoms with E-state index >= 15 is 0 Å². The van der Waals surface area contributed by atoms with E-state index in [1.165, 1.54) is 6.26 Å². The first-order valence-electron chi connectivity index (χ1n) is 9.89. The van der Waals surface area contributed by atoms with Crippen molar-refractivity contribution in [2.45, 2.75) is 45.3 Å². The van der Waals surface area contributed by atoms with Crippen LogP contribution in [0.3, 0.4) is 0 Å². The average molecular weight is 378 g/mol. The Kier molecular flexibility index (Phi) is 6.90. The van der Waals surface area contributed by atoms with Gasteiger partial charge in [-0.1, -0.05) is 13.8 Å². The maximum atomic E-state index is 12.7. The van der Waals surface area contributed by atoms with Gasteiger partial charge >= 0.3 is 5.97 Å². The van der Waals surface area contributed by atoms with E-state index in [4.69, 9.17) is 13.9 Å². The lowest BCUT2D eigenvalue weighted by Crippen LogP contribution is -2.50. The fourth-order valence-corrected chi connectivity index (χ4v) is 3.80. The summed E-state index contributed by atoms with van der Waals surface area (Å²) in [7, 11) is 0. The first kappa shape index (κ1) is 19.9. The van der Waals surface area contributed by atoms with Crippen molar-refractivity contribution in [2.24, 2.45) is 5.92 Å². The van der Waals surface area contributed by atoms with Crippen LogP contribution >= 0.6 is 0 Å². The van der Waals surface area contributed by atoms with Crippen molar-refractivity contribution in [3.63, 3.8) is 0 Å². The molecule has 0 radical (unpaired) electrons. The normalized spacial score (nSPS) is 24.2. The van der Waals surface area contributed by atoms with Crippen LogP contribution in [0.1, 0.15) is 43.7 Å². The molecular formula is C20H30N2O5. The topological polar surface area (TPSA) is 72.2 Å². The molecule has 3 heterocycles. The second-order valence-electron chi connectivity index (χ2n) is 7.76. The maximum absolute atomic E-state index is 12.7. The highest BCUT2D eigenvalue weighted by molar-refractivity contribution is 5.94. The number of carbonyl (C=O) groups excluding carboxylic acids is 2. The Labute approximate surface area is 160 Å². The molecular weight excluding hydrogens is 348 g/mol. The van der Waals surface area contributed by atoms with Gasteiger partial charge < -0.3 is 18.8 Å². The van der Waals surface area contributed by atoms with Gasteiger partial charge in [0.15, 0.2) is 5.76 Å². The van der Waals surface area contributed by atoms with Crippen molar-refractivity contribution >= 4 is 11.9 Å². The number of hydrogen-bond donors (Lipinski definition) is 0. The number of furan rings is 1. The number of likely N-dealkylation sites (tertiary alicyclic amines) is 1. The molecule has 0 aromatic carbocycles. The standard InChI is InChI=1S/C20H30N2O5/c1-15(2)12-21-9-11-25-16(13-21)14-27-20(24)17-6-3-4-8-22(17)19(23)18-7-5-10-26-18/h5,7,10,15-17H,3-4,6,8-9,11-14H2,1-2H3. The van der Waals surface area contributed by atoms with E-state index < -0.39 is 6.04 Å². The summed E-state index contributed by atoms with van der Waals surface area (Å²) < 4.78 is 16.5. The van der Waals surface area contributed by atoms with Gasteiger partial charge in [0.2, 0.25) is 0 Å². The zero-order valence-corrected chi connectivity index (χ0v) is 16.3. The lowest BCUT2D eigenvalue weighted by Gasteiger charge is -2.35. The third-order valence-corrected chi connectivity index (χ3v) is 5.03. The van der Waals surface area contributed by atoms with Gasteiger partial charge in [-0.25, -0.2) is 4.79 Å². The zero-order chi connectivity index (χ0) is 19.2. The van der Waals surface area contributed by atoms with Gasteiger partial charge in [-0.2, -0.15) is 0 Å². The Hall–Kier alpha value is -1.86. The minimum atomic E-state index is -0.549. The maximum Gasteiger partial charge on any atom is 0.328 e. The predicted octanol–water partition coefficient (Wildman–Crippen LogP) is 2.17. The van der Waals surface area contributed by atoms with Crippen LogP contribution in [0.4, 0.5) is 0 Å². The molecule has 2 aliphatic heterocycles. The Morgan fingerprint density at radius 2 is 2.15 bits per heavy atom. The molecule has 7 nitrogen and oxygen atoms in total. The summed E-state index contributed by atoms with van der Waals surface area (Å²) in [4.78, 5) is 29.2. The fraction of sp³-hybridized carbons (Fsp3) is 0.700. The average Bonchev–Trinajstić information content (AvgIpc) is 3.20. The van der Waals surface area contributed by atoms with Crippen molar-refractivity contribution in [3.05, 3.63) is 24.2 Å². The summed E-state index contributed by atoms with van der Waals surface area (Å²) in [5.41, 5.74) is 0.